The number of nitrogens with zero attached hydrogens (tertiary/aromatic N) is 1. The van der Waals surface area contributed by atoms with Crippen LogP contribution in [0.1, 0.15) is 58.3 Å². The lowest BCUT2D eigenvalue weighted by Gasteiger charge is -2.41. The van der Waals surface area contributed by atoms with E-state index < -0.39 is 0 Å². The number of piperidine rings is 1. The number of rotatable bonds is 6. The highest BCUT2D eigenvalue weighted by Gasteiger charge is 2.31. The summed E-state index contributed by atoms with van der Waals surface area (Å²) in [6.07, 6.45) is 10.2. The first-order valence-corrected chi connectivity index (χ1v) is 8.29. The molecule has 0 aromatic heterocycles. The SMILES string of the molecule is CCC(N)(CO)CCCN1CCC2CCCCC2C1. The van der Waals surface area contributed by atoms with E-state index in [2.05, 4.69) is 11.8 Å². The van der Waals surface area contributed by atoms with Gasteiger partial charge in [0.15, 0.2) is 0 Å². The molecule has 3 nitrogen and oxygen atoms in total. The lowest BCUT2D eigenvalue weighted by molar-refractivity contribution is 0.0824. The first-order chi connectivity index (χ1) is 9.17. The van der Waals surface area contributed by atoms with E-state index in [0.717, 1.165) is 31.1 Å². The zero-order chi connectivity index (χ0) is 13.7. The molecule has 1 aliphatic carbocycles. The lowest BCUT2D eigenvalue weighted by Crippen LogP contribution is -2.45. The number of nitrogens with two attached hydrogens (primary N) is 1. The third-order valence-corrected chi connectivity index (χ3v) is 5.54. The van der Waals surface area contributed by atoms with Crippen LogP contribution >= 0.6 is 0 Å². The van der Waals surface area contributed by atoms with Crippen molar-refractivity contribution < 1.29 is 5.11 Å². The summed E-state index contributed by atoms with van der Waals surface area (Å²) in [6.45, 7) is 5.96. The summed E-state index contributed by atoms with van der Waals surface area (Å²) in [4.78, 5) is 2.64. The summed E-state index contributed by atoms with van der Waals surface area (Å²) in [5.41, 5.74) is 5.81. The van der Waals surface area contributed by atoms with Gasteiger partial charge in [0, 0.05) is 12.1 Å². The van der Waals surface area contributed by atoms with Gasteiger partial charge in [-0.2, -0.15) is 0 Å². The van der Waals surface area contributed by atoms with Crippen molar-refractivity contribution in [3.63, 3.8) is 0 Å². The van der Waals surface area contributed by atoms with Gasteiger partial charge in [0.25, 0.3) is 0 Å². The van der Waals surface area contributed by atoms with Crippen LogP contribution in [0.15, 0.2) is 0 Å². The monoisotopic (exact) mass is 268 g/mol. The van der Waals surface area contributed by atoms with Crippen molar-refractivity contribution in [3.8, 4) is 0 Å². The quantitative estimate of drug-likeness (QED) is 0.777. The third kappa shape index (κ3) is 4.17. The van der Waals surface area contributed by atoms with Gasteiger partial charge in [-0.05, 0) is 57.0 Å². The number of aliphatic hydroxyl groups is 1. The second-order valence-corrected chi connectivity index (χ2v) is 6.87. The number of likely N-dealkylation sites (tertiary alicyclic amines) is 1. The molecule has 0 bridgehead atoms. The minimum atomic E-state index is -0.344. The second-order valence-electron chi connectivity index (χ2n) is 6.87. The van der Waals surface area contributed by atoms with Crippen LogP contribution in [0.5, 0.6) is 0 Å². The van der Waals surface area contributed by atoms with E-state index in [0.29, 0.717) is 0 Å². The molecule has 1 heterocycles. The predicted molar refractivity (Wildman–Crippen MR) is 80.0 cm³/mol. The van der Waals surface area contributed by atoms with Crippen molar-refractivity contribution in [1.82, 2.24) is 4.90 Å². The molecule has 1 saturated carbocycles. The number of hydrogen-bond acceptors (Lipinski definition) is 3. The molecule has 0 radical (unpaired) electrons. The van der Waals surface area contributed by atoms with Gasteiger partial charge in [-0.15, -0.1) is 0 Å². The summed E-state index contributed by atoms with van der Waals surface area (Å²) in [6, 6.07) is 0. The van der Waals surface area contributed by atoms with Crippen molar-refractivity contribution in [2.45, 2.75) is 63.8 Å². The van der Waals surface area contributed by atoms with Crippen LogP contribution in [0, 0.1) is 11.8 Å². The largest absolute Gasteiger partial charge is 0.394 e. The highest BCUT2D eigenvalue weighted by Crippen LogP contribution is 2.36. The molecule has 3 unspecified atom stereocenters. The number of hydrogen-bond donors (Lipinski definition) is 2. The topological polar surface area (TPSA) is 49.5 Å². The van der Waals surface area contributed by atoms with Crippen LogP contribution in [0.2, 0.25) is 0 Å². The molecule has 112 valence electrons. The number of fused-ring (bicyclic) bond motifs is 1. The second kappa shape index (κ2) is 7.05. The molecule has 1 aliphatic heterocycles. The molecule has 0 aromatic carbocycles. The first kappa shape index (κ1) is 15.3. The summed E-state index contributed by atoms with van der Waals surface area (Å²) in [7, 11) is 0. The van der Waals surface area contributed by atoms with Crippen LogP contribution in [0.3, 0.4) is 0 Å². The molecule has 0 aromatic rings. The average molecular weight is 268 g/mol. The van der Waals surface area contributed by atoms with E-state index in [1.54, 1.807) is 0 Å². The fourth-order valence-electron chi connectivity index (χ4n) is 3.90. The Bertz CT molecular complexity index is 265. The van der Waals surface area contributed by atoms with E-state index in [-0.39, 0.29) is 12.1 Å². The van der Waals surface area contributed by atoms with Crippen LogP contribution < -0.4 is 5.73 Å². The Morgan fingerprint density at radius 3 is 2.63 bits per heavy atom. The molecule has 2 fully saturated rings. The Hall–Kier alpha value is -0.120. The molecular weight excluding hydrogens is 236 g/mol. The molecule has 3 N–H and O–H groups in total. The van der Waals surface area contributed by atoms with E-state index in [4.69, 9.17) is 5.73 Å². The van der Waals surface area contributed by atoms with Crippen molar-refractivity contribution >= 4 is 0 Å². The van der Waals surface area contributed by atoms with E-state index in [1.165, 1.54) is 51.7 Å². The smallest absolute Gasteiger partial charge is 0.0611 e. The van der Waals surface area contributed by atoms with Crippen LogP contribution in [0.25, 0.3) is 0 Å². The summed E-state index contributed by atoms with van der Waals surface area (Å²) < 4.78 is 0. The first-order valence-electron chi connectivity index (χ1n) is 8.29. The molecule has 3 heteroatoms. The molecular formula is C16H32N2O. The van der Waals surface area contributed by atoms with Gasteiger partial charge >= 0.3 is 0 Å². The maximum Gasteiger partial charge on any atom is 0.0611 e. The van der Waals surface area contributed by atoms with Crippen LogP contribution in [-0.4, -0.2) is 41.8 Å². The highest BCUT2D eigenvalue weighted by molar-refractivity contribution is 4.85. The van der Waals surface area contributed by atoms with Gasteiger partial charge in [-0.25, -0.2) is 0 Å². The fourth-order valence-corrected chi connectivity index (χ4v) is 3.90. The minimum Gasteiger partial charge on any atom is -0.394 e. The summed E-state index contributed by atoms with van der Waals surface area (Å²) >= 11 is 0. The Morgan fingerprint density at radius 1 is 1.21 bits per heavy atom. The van der Waals surface area contributed by atoms with Crippen LogP contribution in [0.4, 0.5) is 0 Å². The Balaban J connectivity index is 1.69. The predicted octanol–water partition coefficient (Wildman–Crippen LogP) is 2.38. The number of aliphatic hydroxyl groups excluding tert-OH is 1. The Morgan fingerprint density at radius 2 is 1.95 bits per heavy atom. The van der Waals surface area contributed by atoms with Crippen molar-refractivity contribution in [1.29, 1.82) is 0 Å². The van der Waals surface area contributed by atoms with Gasteiger partial charge in [0.1, 0.15) is 0 Å². The normalized spacial score (nSPS) is 31.7. The maximum absolute atomic E-state index is 9.34. The molecule has 2 rings (SSSR count). The van der Waals surface area contributed by atoms with E-state index in [1.807, 2.05) is 0 Å². The third-order valence-electron chi connectivity index (χ3n) is 5.54. The molecule has 0 amide bonds. The molecule has 2 aliphatic rings. The van der Waals surface area contributed by atoms with Crippen molar-refractivity contribution in [3.05, 3.63) is 0 Å². The summed E-state index contributed by atoms with van der Waals surface area (Å²) in [5, 5.41) is 9.34. The fraction of sp³-hybridized carbons (Fsp3) is 1.00. The van der Waals surface area contributed by atoms with E-state index >= 15 is 0 Å². The van der Waals surface area contributed by atoms with Gasteiger partial charge in [-0.3, -0.25) is 0 Å². The van der Waals surface area contributed by atoms with Gasteiger partial charge in [0.2, 0.25) is 0 Å². The zero-order valence-corrected chi connectivity index (χ0v) is 12.6. The molecule has 0 spiro atoms. The average Bonchev–Trinajstić information content (AvgIpc) is 2.47. The standard InChI is InChI=1S/C16H32N2O/c1-2-16(17,13-19)9-5-10-18-11-8-14-6-3-4-7-15(14)12-18/h14-15,19H,2-13,17H2,1H3. The molecule has 1 saturated heterocycles. The Kier molecular flexibility index (Phi) is 5.67. The van der Waals surface area contributed by atoms with Gasteiger partial charge < -0.3 is 15.7 Å². The summed E-state index contributed by atoms with van der Waals surface area (Å²) in [5.74, 6) is 1.99. The highest BCUT2D eigenvalue weighted by atomic mass is 16.3. The van der Waals surface area contributed by atoms with Gasteiger partial charge in [0.05, 0.1) is 6.61 Å². The maximum atomic E-state index is 9.34. The van der Waals surface area contributed by atoms with Gasteiger partial charge in [-0.1, -0.05) is 26.2 Å². The molecule has 19 heavy (non-hydrogen) atoms. The molecule has 3 atom stereocenters. The van der Waals surface area contributed by atoms with E-state index in [9.17, 15) is 5.11 Å². The Labute approximate surface area is 118 Å². The lowest BCUT2D eigenvalue weighted by atomic mass is 9.75. The van der Waals surface area contributed by atoms with Crippen molar-refractivity contribution in [2.75, 3.05) is 26.2 Å². The zero-order valence-electron chi connectivity index (χ0n) is 12.6. The van der Waals surface area contributed by atoms with Crippen molar-refractivity contribution in [2.24, 2.45) is 17.6 Å². The van der Waals surface area contributed by atoms with Crippen LogP contribution in [-0.2, 0) is 0 Å². The minimum absolute atomic E-state index is 0.119.